The lowest BCUT2D eigenvalue weighted by Crippen LogP contribution is -2.38. The summed E-state index contributed by atoms with van der Waals surface area (Å²) in [5, 5.41) is 3.03. The van der Waals surface area contributed by atoms with Crippen LogP contribution in [0.4, 0.5) is 11.5 Å². The quantitative estimate of drug-likeness (QED) is 0.636. The van der Waals surface area contributed by atoms with Gasteiger partial charge in [0.05, 0.1) is 19.9 Å². The Morgan fingerprint density at radius 3 is 2.70 bits per heavy atom. The number of imidazole rings is 1. The van der Waals surface area contributed by atoms with Gasteiger partial charge in [0.1, 0.15) is 23.7 Å². The highest BCUT2D eigenvalue weighted by Gasteiger charge is 2.28. The molecule has 1 fully saturated rings. The number of aryl methyl sites for hydroxylation is 2. The number of carbonyl (C=O) groups excluding carboxylic acids is 1. The second-order valence-electron chi connectivity index (χ2n) is 8.68. The summed E-state index contributed by atoms with van der Waals surface area (Å²) >= 11 is 0. The van der Waals surface area contributed by atoms with E-state index in [2.05, 4.69) is 24.8 Å². The molecular formula is C24H30N6O3. The summed E-state index contributed by atoms with van der Waals surface area (Å²) in [5.41, 5.74) is 2.45. The Morgan fingerprint density at radius 2 is 1.91 bits per heavy atom. The minimum Gasteiger partial charge on any atom is -0.497 e. The Labute approximate surface area is 193 Å². The molecule has 0 atom stereocenters. The number of piperidine rings is 1. The second-order valence-corrected chi connectivity index (χ2v) is 8.68. The largest absolute Gasteiger partial charge is 0.497 e. The lowest BCUT2D eigenvalue weighted by molar-refractivity contribution is -0.120. The summed E-state index contributed by atoms with van der Waals surface area (Å²) in [6.45, 7) is 2.47. The Balaban J connectivity index is 1.29. The molecule has 0 saturated carbocycles. The van der Waals surface area contributed by atoms with Crippen molar-refractivity contribution in [3.63, 3.8) is 0 Å². The van der Waals surface area contributed by atoms with Crippen molar-refractivity contribution >= 4 is 28.6 Å². The van der Waals surface area contributed by atoms with E-state index in [1.165, 1.54) is 12.8 Å². The van der Waals surface area contributed by atoms with Crippen LogP contribution in [0.25, 0.3) is 11.2 Å². The van der Waals surface area contributed by atoms with Crippen molar-refractivity contribution in [1.29, 1.82) is 0 Å². The molecule has 9 heteroatoms. The van der Waals surface area contributed by atoms with Crippen LogP contribution in [-0.4, -0.2) is 52.7 Å². The Bertz CT molecular complexity index is 1150. The highest BCUT2D eigenvalue weighted by atomic mass is 16.5. The number of rotatable bonds is 5. The molecule has 174 valence electrons. The van der Waals surface area contributed by atoms with Gasteiger partial charge < -0.3 is 24.3 Å². The molecule has 1 N–H and O–H groups in total. The molecule has 1 amide bonds. The van der Waals surface area contributed by atoms with Gasteiger partial charge in [-0.25, -0.2) is 15.0 Å². The maximum absolute atomic E-state index is 13.0. The van der Waals surface area contributed by atoms with Gasteiger partial charge in [-0.15, -0.1) is 0 Å². The van der Waals surface area contributed by atoms with E-state index in [1.807, 2.05) is 6.07 Å². The van der Waals surface area contributed by atoms with Gasteiger partial charge >= 0.3 is 0 Å². The fourth-order valence-corrected chi connectivity index (χ4v) is 4.86. The zero-order chi connectivity index (χ0) is 22.8. The first-order valence-electron chi connectivity index (χ1n) is 11.7. The number of carbonyl (C=O) groups is 1. The SMILES string of the molecule is COc1ccc(OC)c(NC(=O)C2CCN(c3ncnc4c3nc3n4CCCCC3)CC2)c1. The van der Waals surface area contributed by atoms with Crippen LogP contribution in [0.3, 0.4) is 0 Å². The number of hydrogen-bond donors (Lipinski definition) is 1. The molecule has 4 heterocycles. The van der Waals surface area contributed by atoms with Gasteiger partial charge in [-0.1, -0.05) is 6.42 Å². The molecule has 3 aromatic rings. The van der Waals surface area contributed by atoms with E-state index in [1.54, 1.807) is 32.7 Å². The zero-order valence-electron chi connectivity index (χ0n) is 19.2. The minimum atomic E-state index is -0.0757. The topological polar surface area (TPSA) is 94.4 Å². The van der Waals surface area contributed by atoms with Gasteiger partial charge in [0, 0.05) is 38.0 Å². The summed E-state index contributed by atoms with van der Waals surface area (Å²) in [6.07, 6.45) is 7.70. The smallest absolute Gasteiger partial charge is 0.227 e. The number of methoxy groups -OCH3 is 2. The van der Waals surface area contributed by atoms with E-state index in [4.69, 9.17) is 14.5 Å². The van der Waals surface area contributed by atoms with E-state index in [-0.39, 0.29) is 11.8 Å². The molecule has 1 saturated heterocycles. The van der Waals surface area contributed by atoms with Crippen LogP contribution in [-0.2, 0) is 17.8 Å². The van der Waals surface area contributed by atoms with Crippen LogP contribution in [0.15, 0.2) is 24.5 Å². The van der Waals surface area contributed by atoms with Crippen molar-refractivity contribution in [3.05, 3.63) is 30.4 Å². The fraction of sp³-hybridized carbons (Fsp3) is 0.500. The predicted molar refractivity (Wildman–Crippen MR) is 126 cm³/mol. The summed E-state index contributed by atoms with van der Waals surface area (Å²) in [4.78, 5) is 29.3. The molecule has 0 unspecified atom stereocenters. The lowest BCUT2D eigenvalue weighted by atomic mass is 9.95. The standard InChI is InChI=1S/C24H30N6O3/c1-32-17-7-8-19(33-2)18(14-17)27-24(31)16-9-12-29(13-10-16)22-21-23(26-15-25-22)30-11-5-3-4-6-20(30)28-21/h7-8,14-16H,3-6,9-13H2,1-2H3,(H,27,31). The number of benzene rings is 1. The van der Waals surface area contributed by atoms with E-state index in [0.29, 0.717) is 17.2 Å². The predicted octanol–water partition coefficient (Wildman–Crippen LogP) is 3.43. The fourth-order valence-electron chi connectivity index (χ4n) is 4.86. The summed E-state index contributed by atoms with van der Waals surface area (Å²) in [5.74, 6) is 3.22. The van der Waals surface area contributed by atoms with Gasteiger partial charge in [-0.3, -0.25) is 4.79 Å². The maximum atomic E-state index is 13.0. The van der Waals surface area contributed by atoms with Crippen LogP contribution >= 0.6 is 0 Å². The third-order valence-corrected chi connectivity index (χ3v) is 6.70. The van der Waals surface area contributed by atoms with Gasteiger partial charge in [0.2, 0.25) is 5.91 Å². The van der Waals surface area contributed by atoms with Gasteiger partial charge in [-0.05, 0) is 37.8 Å². The van der Waals surface area contributed by atoms with Crippen LogP contribution in [0.5, 0.6) is 11.5 Å². The molecule has 1 aromatic carbocycles. The molecule has 0 bridgehead atoms. The first kappa shape index (κ1) is 21.5. The first-order valence-corrected chi connectivity index (χ1v) is 11.7. The summed E-state index contributed by atoms with van der Waals surface area (Å²) in [7, 11) is 3.19. The Hall–Kier alpha value is -3.36. The highest BCUT2D eigenvalue weighted by Crippen LogP contribution is 2.32. The van der Waals surface area contributed by atoms with Gasteiger partial charge in [0.25, 0.3) is 0 Å². The molecule has 9 nitrogen and oxygen atoms in total. The Morgan fingerprint density at radius 1 is 1.06 bits per heavy atom. The number of ether oxygens (including phenoxy) is 2. The molecule has 2 aliphatic heterocycles. The molecule has 2 aliphatic rings. The average molecular weight is 451 g/mol. The number of hydrogen-bond acceptors (Lipinski definition) is 7. The van der Waals surface area contributed by atoms with E-state index in [9.17, 15) is 4.79 Å². The lowest BCUT2D eigenvalue weighted by Gasteiger charge is -2.32. The molecular weight excluding hydrogens is 420 g/mol. The van der Waals surface area contributed by atoms with Crippen molar-refractivity contribution in [2.24, 2.45) is 5.92 Å². The van der Waals surface area contributed by atoms with Crippen molar-refractivity contribution in [2.75, 3.05) is 37.5 Å². The van der Waals surface area contributed by atoms with Crippen LogP contribution in [0.2, 0.25) is 0 Å². The summed E-state index contributed by atoms with van der Waals surface area (Å²) in [6, 6.07) is 5.39. The number of anilines is 2. The number of nitrogens with zero attached hydrogens (tertiary/aromatic N) is 5. The highest BCUT2D eigenvalue weighted by molar-refractivity contribution is 5.94. The van der Waals surface area contributed by atoms with Crippen molar-refractivity contribution < 1.29 is 14.3 Å². The Kier molecular flexibility index (Phi) is 6.02. The first-order chi connectivity index (χ1) is 16.2. The zero-order valence-corrected chi connectivity index (χ0v) is 19.2. The number of fused-ring (bicyclic) bond motifs is 3. The van der Waals surface area contributed by atoms with Crippen molar-refractivity contribution in [2.45, 2.75) is 45.1 Å². The average Bonchev–Trinajstić information content (AvgIpc) is 3.04. The number of amides is 1. The van der Waals surface area contributed by atoms with Crippen molar-refractivity contribution in [1.82, 2.24) is 19.5 Å². The summed E-state index contributed by atoms with van der Waals surface area (Å²) < 4.78 is 12.9. The van der Waals surface area contributed by atoms with Gasteiger partial charge in [-0.2, -0.15) is 0 Å². The normalized spacial score (nSPS) is 16.8. The molecule has 0 spiro atoms. The molecule has 0 radical (unpaired) electrons. The third-order valence-electron chi connectivity index (χ3n) is 6.70. The van der Waals surface area contributed by atoms with E-state index < -0.39 is 0 Å². The number of nitrogens with one attached hydrogen (secondary N) is 1. The monoisotopic (exact) mass is 450 g/mol. The van der Waals surface area contributed by atoms with Crippen LogP contribution in [0, 0.1) is 5.92 Å². The van der Waals surface area contributed by atoms with Crippen molar-refractivity contribution in [3.8, 4) is 11.5 Å². The van der Waals surface area contributed by atoms with E-state index >= 15 is 0 Å². The second kappa shape index (κ2) is 9.25. The maximum Gasteiger partial charge on any atom is 0.227 e. The number of aromatic nitrogens is 4. The minimum absolute atomic E-state index is 0.00254. The molecule has 33 heavy (non-hydrogen) atoms. The third kappa shape index (κ3) is 4.19. The van der Waals surface area contributed by atoms with E-state index in [0.717, 1.165) is 68.1 Å². The van der Waals surface area contributed by atoms with Crippen LogP contribution in [0.1, 0.15) is 37.9 Å². The molecule has 2 aromatic heterocycles. The molecule has 5 rings (SSSR count). The molecule has 0 aliphatic carbocycles. The van der Waals surface area contributed by atoms with Gasteiger partial charge in [0.15, 0.2) is 17.0 Å². The van der Waals surface area contributed by atoms with Crippen LogP contribution < -0.4 is 19.7 Å².